The molecule has 1 rings (SSSR count). The Morgan fingerprint density at radius 3 is 2.53 bits per heavy atom. The highest BCUT2D eigenvalue weighted by Gasteiger charge is 2.18. The number of hydrogen-bond acceptors (Lipinski definition) is 1. The molecular formula is C12H17Cl2N. The van der Waals surface area contributed by atoms with Crippen LogP contribution in [0.25, 0.3) is 0 Å². The molecule has 0 aromatic heterocycles. The van der Waals surface area contributed by atoms with Crippen LogP contribution in [-0.4, -0.2) is 13.6 Å². The van der Waals surface area contributed by atoms with Crippen molar-refractivity contribution in [1.29, 1.82) is 0 Å². The summed E-state index contributed by atoms with van der Waals surface area (Å²) >= 11 is 12.1. The minimum Gasteiger partial charge on any atom is -0.319 e. The summed E-state index contributed by atoms with van der Waals surface area (Å²) in [5.74, 6) is 0. The standard InChI is InChI=1S/C12H17Cl2N/c1-12(2,8-15-3)7-9-6-10(13)4-5-11(9)14/h4-6,15H,7-8H2,1-3H3. The van der Waals surface area contributed by atoms with Crippen molar-refractivity contribution in [2.75, 3.05) is 13.6 Å². The highest BCUT2D eigenvalue weighted by atomic mass is 35.5. The van der Waals surface area contributed by atoms with Crippen LogP contribution in [0.3, 0.4) is 0 Å². The third-order valence-electron chi connectivity index (χ3n) is 2.33. The topological polar surface area (TPSA) is 12.0 Å². The molecule has 84 valence electrons. The highest BCUT2D eigenvalue weighted by Crippen LogP contribution is 2.28. The van der Waals surface area contributed by atoms with E-state index in [0.29, 0.717) is 0 Å². The fourth-order valence-corrected chi connectivity index (χ4v) is 2.11. The second kappa shape index (κ2) is 5.20. The van der Waals surface area contributed by atoms with Crippen LogP contribution in [0, 0.1) is 5.41 Å². The van der Waals surface area contributed by atoms with Crippen LogP contribution in [0.15, 0.2) is 18.2 Å². The van der Waals surface area contributed by atoms with Gasteiger partial charge in [-0.1, -0.05) is 37.0 Å². The first-order valence-electron chi connectivity index (χ1n) is 5.03. The summed E-state index contributed by atoms with van der Waals surface area (Å²) < 4.78 is 0. The molecule has 0 saturated heterocycles. The lowest BCUT2D eigenvalue weighted by atomic mass is 9.86. The average Bonchev–Trinajstić information content (AvgIpc) is 2.10. The first-order valence-corrected chi connectivity index (χ1v) is 5.79. The lowest BCUT2D eigenvalue weighted by Gasteiger charge is -2.24. The number of nitrogens with one attached hydrogen (secondary N) is 1. The first kappa shape index (κ1) is 12.8. The quantitative estimate of drug-likeness (QED) is 0.852. The van der Waals surface area contributed by atoms with E-state index < -0.39 is 0 Å². The summed E-state index contributed by atoms with van der Waals surface area (Å²) in [7, 11) is 1.96. The van der Waals surface area contributed by atoms with Gasteiger partial charge < -0.3 is 5.32 Å². The van der Waals surface area contributed by atoms with Gasteiger partial charge in [0.15, 0.2) is 0 Å². The predicted octanol–water partition coefficient (Wildman–Crippen LogP) is 3.78. The molecule has 0 aliphatic heterocycles. The molecule has 0 atom stereocenters. The largest absolute Gasteiger partial charge is 0.319 e. The summed E-state index contributed by atoms with van der Waals surface area (Å²) in [4.78, 5) is 0. The summed E-state index contributed by atoms with van der Waals surface area (Å²) in [6.07, 6.45) is 0.924. The molecule has 15 heavy (non-hydrogen) atoms. The van der Waals surface area contributed by atoms with Gasteiger partial charge in [-0.25, -0.2) is 0 Å². The third-order valence-corrected chi connectivity index (χ3v) is 2.94. The molecule has 0 amide bonds. The number of rotatable bonds is 4. The van der Waals surface area contributed by atoms with Gasteiger partial charge in [0.05, 0.1) is 0 Å². The third kappa shape index (κ3) is 4.02. The van der Waals surface area contributed by atoms with Crippen LogP contribution in [0.5, 0.6) is 0 Å². The van der Waals surface area contributed by atoms with E-state index in [1.807, 2.05) is 25.2 Å². The molecule has 0 aliphatic carbocycles. The average molecular weight is 246 g/mol. The van der Waals surface area contributed by atoms with Crippen LogP contribution in [0.1, 0.15) is 19.4 Å². The van der Waals surface area contributed by atoms with E-state index in [9.17, 15) is 0 Å². The Balaban J connectivity index is 2.83. The molecule has 0 spiro atoms. The Kier molecular flexibility index (Phi) is 4.45. The Morgan fingerprint density at radius 2 is 1.93 bits per heavy atom. The maximum absolute atomic E-state index is 6.12. The Bertz CT molecular complexity index is 334. The van der Waals surface area contributed by atoms with Gasteiger partial charge >= 0.3 is 0 Å². The predicted molar refractivity (Wildman–Crippen MR) is 67.9 cm³/mol. The fourth-order valence-electron chi connectivity index (χ4n) is 1.74. The zero-order chi connectivity index (χ0) is 11.5. The van der Waals surface area contributed by atoms with Crippen molar-refractivity contribution in [2.24, 2.45) is 5.41 Å². The van der Waals surface area contributed by atoms with Crippen molar-refractivity contribution in [3.63, 3.8) is 0 Å². The summed E-state index contributed by atoms with van der Waals surface area (Å²) in [5, 5.41) is 4.73. The molecule has 0 heterocycles. The van der Waals surface area contributed by atoms with E-state index >= 15 is 0 Å². The smallest absolute Gasteiger partial charge is 0.0439 e. The molecule has 1 nitrogen and oxygen atoms in total. The lowest BCUT2D eigenvalue weighted by Crippen LogP contribution is -2.28. The molecule has 1 N–H and O–H groups in total. The van der Waals surface area contributed by atoms with E-state index in [2.05, 4.69) is 19.2 Å². The Hall–Kier alpha value is -0.240. The monoisotopic (exact) mass is 245 g/mol. The van der Waals surface area contributed by atoms with Crippen LogP contribution in [-0.2, 0) is 6.42 Å². The lowest BCUT2D eigenvalue weighted by molar-refractivity contribution is 0.350. The zero-order valence-electron chi connectivity index (χ0n) is 9.40. The van der Waals surface area contributed by atoms with Gasteiger partial charge in [0.1, 0.15) is 0 Å². The molecular weight excluding hydrogens is 229 g/mol. The summed E-state index contributed by atoms with van der Waals surface area (Å²) in [5.41, 5.74) is 1.30. The van der Waals surface area contributed by atoms with Crippen molar-refractivity contribution in [3.8, 4) is 0 Å². The maximum atomic E-state index is 6.12. The zero-order valence-corrected chi connectivity index (χ0v) is 10.9. The van der Waals surface area contributed by atoms with Crippen LogP contribution < -0.4 is 5.32 Å². The van der Waals surface area contributed by atoms with E-state index in [1.54, 1.807) is 0 Å². The van der Waals surface area contributed by atoms with Gasteiger partial charge in [-0.05, 0) is 42.6 Å². The van der Waals surface area contributed by atoms with Gasteiger partial charge in [-0.3, -0.25) is 0 Å². The number of benzene rings is 1. The molecule has 3 heteroatoms. The van der Waals surface area contributed by atoms with Crippen molar-refractivity contribution >= 4 is 23.2 Å². The second-order valence-electron chi connectivity index (χ2n) is 4.61. The molecule has 0 bridgehead atoms. The van der Waals surface area contributed by atoms with E-state index in [-0.39, 0.29) is 5.41 Å². The molecule has 1 aromatic carbocycles. The minimum atomic E-state index is 0.184. The number of hydrogen-bond donors (Lipinski definition) is 1. The Morgan fingerprint density at radius 1 is 1.27 bits per heavy atom. The molecule has 1 aromatic rings. The van der Waals surface area contributed by atoms with Crippen LogP contribution >= 0.6 is 23.2 Å². The van der Waals surface area contributed by atoms with Crippen LogP contribution in [0.4, 0.5) is 0 Å². The van der Waals surface area contributed by atoms with Gasteiger partial charge in [0, 0.05) is 16.6 Å². The first-order chi connectivity index (χ1) is 6.94. The van der Waals surface area contributed by atoms with Gasteiger partial charge in [0.2, 0.25) is 0 Å². The SMILES string of the molecule is CNCC(C)(C)Cc1cc(Cl)ccc1Cl. The summed E-state index contributed by atoms with van der Waals surface area (Å²) in [6.45, 7) is 5.37. The van der Waals surface area contributed by atoms with E-state index in [1.165, 1.54) is 0 Å². The molecule has 0 fully saturated rings. The van der Waals surface area contributed by atoms with Crippen molar-refractivity contribution in [1.82, 2.24) is 5.32 Å². The normalized spacial score (nSPS) is 11.8. The second-order valence-corrected chi connectivity index (χ2v) is 5.45. The van der Waals surface area contributed by atoms with E-state index in [4.69, 9.17) is 23.2 Å². The molecule has 0 saturated carbocycles. The molecule has 0 aliphatic rings. The van der Waals surface area contributed by atoms with Crippen molar-refractivity contribution in [2.45, 2.75) is 20.3 Å². The van der Waals surface area contributed by atoms with Gasteiger partial charge in [-0.2, -0.15) is 0 Å². The van der Waals surface area contributed by atoms with E-state index in [0.717, 1.165) is 28.6 Å². The maximum Gasteiger partial charge on any atom is 0.0439 e. The summed E-state index contributed by atoms with van der Waals surface area (Å²) in [6, 6.07) is 5.62. The minimum absolute atomic E-state index is 0.184. The van der Waals surface area contributed by atoms with Gasteiger partial charge in [0.25, 0.3) is 0 Å². The molecule has 0 unspecified atom stereocenters. The van der Waals surface area contributed by atoms with Crippen LogP contribution in [0.2, 0.25) is 10.0 Å². The Labute approximate surface area is 102 Å². The van der Waals surface area contributed by atoms with Crippen molar-refractivity contribution < 1.29 is 0 Å². The fraction of sp³-hybridized carbons (Fsp3) is 0.500. The number of halogens is 2. The van der Waals surface area contributed by atoms with Crippen molar-refractivity contribution in [3.05, 3.63) is 33.8 Å². The highest BCUT2D eigenvalue weighted by molar-refractivity contribution is 6.33. The van der Waals surface area contributed by atoms with Gasteiger partial charge in [-0.15, -0.1) is 0 Å². The molecule has 0 radical (unpaired) electrons.